The van der Waals surface area contributed by atoms with E-state index in [0.717, 1.165) is 34.9 Å². The molecule has 3 heterocycles. The molecule has 7 nitrogen and oxygen atoms in total. The van der Waals surface area contributed by atoms with Crippen LogP contribution in [0, 0.1) is 6.92 Å². The van der Waals surface area contributed by atoms with Gasteiger partial charge in [0, 0.05) is 18.5 Å². The van der Waals surface area contributed by atoms with Crippen LogP contribution in [0.15, 0.2) is 18.2 Å². The van der Waals surface area contributed by atoms with Crippen LogP contribution in [0.1, 0.15) is 73.0 Å². The molecule has 2 aliphatic rings. The molecule has 0 N–H and O–H groups in total. The van der Waals surface area contributed by atoms with Gasteiger partial charge in [-0.1, -0.05) is 12.1 Å². The van der Waals surface area contributed by atoms with Crippen LogP contribution in [-0.4, -0.2) is 57.8 Å². The van der Waals surface area contributed by atoms with Gasteiger partial charge in [0.05, 0.1) is 28.5 Å². The fraction of sp³-hybridized carbons (Fsp3) is 0.667. The highest BCUT2D eigenvalue weighted by atomic mass is 16.7. The molecule has 2 aromatic rings. The average molecular weight is 441 g/mol. The van der Waals surface area contributed by atoms with Gasteiger partial charge in [0.2, 0.25) is 0 Å². The fourth-order valence-electron chi connectivity index (χ4n) is 4.34. The third kappa shape index (κ3) is 4.27. The average Bonchev–Trinajstić information content (AvgIpc) is 3.13. The molecule has 0 aliphatic carbocycles. The third-order valence-corrected chi connectivity index (χ3v) is 6.90. The number of hydrogen-bond acceptors (Lipinski definition) is 5. The Bertz CT molecular complexity index is 1000. The Morgan fingerprint density at radius 1 is 1.12 bits per heavy atom. The molecular formula is C24H36BN3O4. The Morgan fingerprint density at radius 3 is 2.28 bits per heavy atom. The number of carbonyl (C=O) groups is 1. The van der Waals surface area contributed by atoms with Crippen molar-refractivity contribution in [1.82, 2.24) is 14.7 Å². The number of aromatic nitrogens is 2. The summed E-state index contributed by atoms with van der Waals surface area (Å²) < 4.78 is 20.1. The van der Waals surface area contributed by atoms with E-state index in [1.807, 2.05) is 27.7 Å². The lowest BCUT2D eigenvalue weighted by molar-refractivity contribution is 0.00578. The van der Waals surface area contributed by atoms with E-state index in [4.69, 9.17) is 19.1 Å². The summed E-state index contributed by atoms with van der Waals surface area (Å²) in [5.74, 6) is 0. The maximum atomic E-state index is 12.4. The lowest BCUT2D eigenvalue weighted by atomic mass is 9.78. The quantitative estimate of drug-likeness (QED) is 0.653. The molecule has 2 fully saturated rings. The van der Waals surface area contributed by atoms with Crippen LogP contribution in [-0.2, 0) is 14.0 Å². The lowest BCUT2D eigenvalue weighted by Gasteiger charge is -2.33. The molecule has 4 rings (SSSR count). The largest absolute Gasteiger partial charge is 0.494 e. The Balaban J connectivity index is 1.51. The number of fused-ring (bicyclic) bond motifs is 1. The van der Waals surface area contributed by atoms with E-state index in [0.29, 0.717) is 13.1 Å². The number of likely N-dealkylation sites (tertiary alicyclic amines) is 1. The van der Waals surface area contributed by atoms with Crippen LogP contribution in [0.2, 0.25) is 0 Å². The zero-order valence-corrected chi connectivity index (χ0v) is 20.7. The second-order valence-electron chi connectivity index (χ2n) is 11.1. The predicted molar refractivity (Wildman–Crippen MR) is 126 cm³/mol. The van der Waals surface area contributed by atoms with Crippen molar-refractivity contribution in [3.05, 3.63) is 23.9 Å². The van der Waals surface area contributed by atoms with Gasteiger partial charge in [-0.25, -0.2) is 4.79 Å². The summed E-state index contributed by atoms with van der Waals surface area (Å²) in [5, 5.41) is 5.99. The van der Waals surface area contributed by atoms with Crippen molar-refractivity contribution < 1.29 is 18.8 Å². The summed E-state index contributed by atoms with van der Waals surface area (Å²) in [5.41, 5.74) is 1.91. The smallest absolute Gasteiger partial charge is 0.444 e. The molecule has 0 saturated carbocycles. The Hall–Kier alpha value is -2.06. The maximum absolute atomic E-state index is 12.4. The molecule has 32 heavy (non-hydrogen) atoms. The number of carbonyl (C=O) groups excluding carboxylic acids is 1. The minimum atomic E-state index is -0.474. The Kier molecular flexibility index (Phi) is 5.61. The highest BCUT2D eigenvalue weighted by Crippen LogP contribution is 2.37. The molecule has 0 unspecified atom stereocenters. The van der Waals surface area contributed by atoms with Gasteiger partial charge in [-0.15, -0.1) is 0 Å². The number of benzene rings is 1. The SMILES string of the molecule is Cc1nn(C2CCN(C(=O)OC(C)(C)C)CC2)c2ccc(B3OC(C)(C)C(C)(C)O3)cc12. The van der Waals surface area contributed by atoms with Crippen LogP contribution in [0.25, 0.3) is 10.9 Å². The van der Waals surface area contributed by atoms with Crippen molar-refractivity contribution in [1.29, 1.82) is 0 Å². The number of aryl methyl sites for hydroxylation is 1. The molecule has 8 heteroatoms. The van der Waals surface area contributed by atoms with Gasteiger partial charge in [0.1, 0.15) is 5.60 Å². The fourth-order valence-corrected chi connectivity index (χ4v) is 4.34. The second-order valence-corrected chi connectivity index (χ2v) is 11.1. The zero-order valence-electron chi connectivity index (χ0n) is 20.7. The van der Waals surface area contributed by atoms with E-state index in [1.165, 1.54) is 0 Å². The highest BCUT2D eigenvalue weighted by molar-refractivity contribution is 6.62. The Morgan fingerprint density at radius 2 is 1.72 bits per heavy atom. The summed E-state index contributed by atoms with van der Waals surface area (Å²) in [4.78, 5) is 14.2. The number of rotatable bonds is 2. The molecule has 0 atom stereocenters. The number of ether oxygens (including phenoxy) is 1. The normalized spacial score (nSPS) is 21.4. The van der Waals surface area contributed by atoms with Crippen LogP contribution < -0.4 is 5.46 Å². The predicted octanol–water partition coefficient (Wildman–Crippen LogP) is 4.22. The topological polar surface area (TPSA) is 65.8 Å². The lowest BCUT2D eigenvalue weighted by Crippen LogP contribution is -2.42. The standard InChI is InChI=1S/C24H36BN3O4/c1-16-19-15-17(25-31-23(5,6)24(7,8)32-25)9-10-20(19)28(26-16)18-11-13-27(14-12-18)21(29)30-22(2,3)4/h9-10,15,18H,11-14H2,1-8H3. The number of piperidine rings is 1. The minimum Gasteiger partial charge on any atom is -0.444 e. The summed E-state index contributed by atoms with van der Waals surface area (Å²) in [7, 11) is -0.385. The van der Waals surface area contributed by atoms with E-state index in [2.05, 4.69) is 50.6 Å². The molecular weight excluding hydrogens is 405 g/mol. The van der Waals surface area contributed by atoms with E-state index in [-0.39, 0.29) is 30.5 Å². The van der Waals surface area contributed by atoms with Gasteiger partial charge in [0.15, 0.2) is 0 Å². The Labute approximate surface area is 191 Å². The summed E-state index contributed by atoms with van der Waals surface area (Å²) >= 11 is 0. The van der Waals surface area contributed by atoms with E-state index in [9.17, 15) is 4.79 Å². The molecule has 2 saturated heterocycles. The first-order valence-corrected chi connectivity index (χ1v) is 11.6. The van der Waals surface area contributed by atoms with E-state index >= 15 is 0 Å². The van der Waals surface area contributed by atoms with Crippen molar-refractivity contribution >= 4 is 29.6 Å². The number of amides is 1. The maximum Gasteiger partial charge on any atom is 0.494 e. The summed E-state index contributed by atoms with van der Waals surface area (Å²) in [6.07, 6.45) is 1.48. The number of nitrogens with zero attached hydrogens (tertiary/aromatic N) is 3. The van der Waals surface area contributed by atoms with Crippen LogP contribution in [0.5, 0.6) is 0 Å². The van der Waals surface area contributed by atoms with Crippen LogP contribution in [0.4, 0.5) is 4.79 Å². The first-order valence-electron chi connectivity index (χ1n) is 11.6. The third-order valence-electron chi connectivity index (χ3n) is 6.90. The van der Waals surface area contributed by atoms with Gasteiger partial charge in [-0.05, 0) is 79.8 Å². The zero-order chi connectivity index (χ0) is 23.5. The van der Waals surface area contributed by atoms with Crippen LogP contribution >= 0.6 is 0 Å². The van der Waals surface area contributed by atoms with Gasteiger partial charge in [-0.3, -0.25) is 4.68 Å². The molecule has 1 aromatic carbocycles. The molecule has 2 aliphatic heterocycles. The van der Waals surface area contributed by atoms with Crippen molar-refractivity contribution in [2.75, 3.05) is 13.1 Å². The van der Waals surface area contributed by atoms with Crippen molar-refractivity contribution in [2.45, 2.75) is 91.1 Å². The monoisotopic (exact) mass is 441 g/mol. The summed E-state index contributed by atoms with van der Waals surface area (Å²) in [6, 6.07) is 6.60. The van der Waals surface area contributed by atoms with Crippen molar-refractivity contribution in [3.8, 4) is 0 Å². The van der Waals surface area contributed by atoms with Gasteiger partial charge in [0.25, 0.3) is 0 Å². The van der Waals surface area contributed by atoms with Gasteiger partial charge >= 0.3 is 13.2 Å². The second kappa shape index (κ2) is 7.77. The molecule has 0 radical (unpaired) electrons. The highest BCUT2D eigenvalue weighted by Gasteiger charge is 2.51. The van der Waals surface area contributed by atoms with Gasteiger partial charge in [-0.2, -0.15) is 5.10 Å². The number of hydrogen-bond donors (Lipinski definition) is 0. The van der Waals surface area contributed by atoms with Crippen molar-refractivity contribution in [3.63, 3.8) is 0 Å². The molecule has 0 spiro atoms. The van der Waals surface area contributed by atoms with Crippen LogP contribution in [0.3, 0.4) is 0 Å². The molecule has 1 amide bonds. The van der Waals surface area contributed by atoms with E-state index < -0.39 is 5.60 Å². The molecule has 174 valence electrons. The first kappa shape index (κ1) is 23.1. The summed E-state index contributed by atoms with van der Waals surface area (Å²) in [6.45, 7) is 17.4. The first-order chi connectivity index (χ1) is 14.8. The molecule has 0 bridgehead atoms. The minimum absolute atomic E-state index is 0.232. The van der Waals surface area contributed by atoms with Crippen molar-refractivity contribution in [2.24, 2.45) is 0 Å². The van der Waals surface area contributed by atoms with E-state index in [1.54, 1.807) is 4.90 Å². The van der Waals surface area contributed by atoms with Gasteiger partial charge < -0.3 is 18.9 Å². The molecule has 1 aromatic heterocycles.